The molecule has 0 aromatic heterocycles. The Balaban J connectivity index is 2.06. The fraction of sp³-hybridized carbons (Fsp3) is 0.667. The Morgan fingerprint density at radius 1 is 1.29 bits per heavy atom. The van der Waals surface area contributed by atoms with E-state index in [1.165, 1.54) is 0 Å². The Morgan fingerprint density at radius 2 is 2.12 bits per heavy atom. The lowest BCUT2D eigenvalue weighted by atomic mass is 10.0. The second-order valence-corrected chi connectivity index (χ2v) is 4.54. The van der Waals surface area contributed by atoms with Crippen LogP contribution < -0.4 is 0 Å². The van der Waals surface area contributed by atoms with Gasteiger partial charge in [0.25, 0.3) is 0 Å². The number of rotatable bonds is 2. The van der Waals surface area contributed by atoms with Gasteiger partial charge in [-0.25, -0.2) is 4.79 Å². The molecule has 5 nitrogen and oxygen atoms in total. The van der Waals surface area contributed by atoms with Gasteiger partial charge in [-0.05, 0) is 12.8 Å². The van der Waals surface area contributed by atoms with Gasteiger partial charge in [0.15, 0.2) is 0 Å². The first-order valence-electron chi connectivity index (χ1n) is 5.98. The van der Waals surface area contributed by atoms with Crippen LogP contribution >= 0.6 is 0 Å². The minimum atomic E-state index is -1.09. The van der Waals surface area contributed by atoms with E-state index in [2.05, 4.69) is 0 Å². The molecule has 1 amide bonds. The number of carboxylic acids is 1. The molecule has 1 N–H and O–H groups in total. The van der Waals surface area contributed by atoms with Gasteiger partial charge in [-0.1, -0.05) is 6.42 Å². The highest BCUT2D eigenvalue weighted by Crippen LogP contribution is 2.31. The number of ether oxygens (including phenoxy) is 1. The molecule has 0 aromatic carbocycles. The number of carboxylic acid groups (broad SMARTS) is 1. The summed E-state index contributed by atoms with van der Waals surface area (Å²) in [6.07, 6.45) is 5.25. The molecule has 1 saturated heterocycles. The number of hydrogen-bond donors (Lipinski definition) is 1. The van der Waals surface area contributed by atoms with Crippen LogP contribution in [0.1, 0.15) is 19.3 Å². The maximum Gasteiger partial charge on any atom is 0.328 e. The van der Waals surface area contributed by atoms with Gasteiger partial charge in [-0.15, -0.1) is 0 Å². The molecular weight excluding hydrogens is 222 g/mol. The summed E-state index contributed by atoms with van der Waals surface area (Å²) in [7, 11) is 0. The van der Waals surface area contributed by atoms with Crippen molar-refractivity contribution in [3.63, 3.8) is 0 Å². The molecule has 0 spiro atoms. The summed E-state index contributed by atoms with van der Waals surface area (Å²) in [5, 5.41) is 8.52. The second kappa shape index (κ2) is 5.31. The van der Waals surface area contributed by atoms with Crippen molar-refractivity contribution in [1.82, 2.24) is 4.90 Å². The van der Waals surface area contributed by atoms with Crippen molar-refractivity contribution in [1.29, 1.82) is 0 Å². The minimum absolute atomic E-state index is 0.213. The molecule has 2 atom stereocenters. The lowest BCUT2D eigenvalue weighted by molar-refractivity contribution is -0.132. The second-order valence-electron chi connectivity index (χ2n) is 4.54. The SMILES string of the molecule is O=C(O)/C=C/C(=O)N1CCOC[C@H]2CCC[C@@H]21. The topological polar surface area (TPSA) is 66.8 Å². The Morgan fingerprint density at radius 3 is 2.88 bits per heavy atom. The highest BCUT2D eigenvalue weighted by atomic mass is 16.5. The maximum atomic E-state index is 11.9. The van der Waals surface area contributed by atoms with Gasteiger partial charge < -0.3 is 14.7 Å². The first-order valence-corrected chi connectivity index (χ1v) is 5.98. The van der Waals surface area contributed by atoms with Gasteiger partial charge in [0.1, 0.15) is 0 Å². The van der Waals surface area contributed by atoms with Crippen LogP contribution in [0.5, 0.6) is 0 Å². The predicted molar refractivity (Wildman–Crippen MR) is 60.4 cm³/mol. The quantitative estimate of drug-likeness (QED) is 0.719. The summed E-state index contributed by atoms with van der Waals surface area (Å²) in [6, 6.07) is 0.225. The van der Waals surface area contributed by atoms with Crippen LogP contribution in [0.25, 0.3) is 0 Å². The molecule has 0 unspecified atom stereocenters. The highest BCUT2D eigenvalue weighted by Gasteiger charge is 2.35. The van der Waals surface area contributed by atoms with Gasteiger partial charge in [-0.2, -0.15) is 0 Å². The summed E-state index contributed by atoms with van der Waals surface area (Å²) in [5.74, 6) is -0.887. The molecule has 2 rings (SSSR count). The smallest absolute Gasteiger partial charge is 0.328 e. The van der Waals surface area contributed by atoms with Crippen molar-refractivity contribution in [3.05, 3.63) is 12.2 Å². The average molecular weight is 239 g/mol. The van der Waals surface area contributed by atoms with Crippen molar-refractivity contribution < 1.29 is 19.4 Å². The summed E-state index contributed by atoms with van der Waals surface area (Å²) in [4.78, 5) is 24.1. The van der Waals surface area contributed by atoms with E-state index >= 15 is 0 Å². The Bertz CT molecular complexity index is 339. The fourth-order valence-corrected chi connectivity index (χ4v) is 2.70. The summed E-state index contributed by atoms with van der Waals surface area (Å²) in [5.41, 5.74) is 0. The van der Waals surface area contributed by atoms with Crippen molar-refractivity contribution >= 4 is 11.9 Å². The van der Waals surface area contributed by atoms with Gasteiger partial charge in [0.2, 0.25) is 5.91 Å². The van der Waals surface area contributed by atoms with Crippen LogP contribution in [0.15, 0.2) is 12.2 Å². The molecular formula is C12H17NO4. The van der Waals surface area contributed by atoms with Crippen molar-refractivity contribution in [2.24, 2.45) is 5.92 Å². The van der Waals surface area contributed by atoms with Gasteiger partial charge in [-0.3, -0.25) is 4.79 Å². The number of amides is 1. The molecule has 0 aromatic rings. The van der Waals surface area contributed by atoms with Gasteiger partial charge >= 0.3 is 5.97 Å². The van der Waals surface area contributed by atoms with Crippen LogP contribution in [0.2, 0.25) is 0 Å². The maximum absolute atomic E-state index is 11.9. The zero-order valence-corrected chi connectivity index (χ0v) is 9.67. The van der Waals surface area contributed by atoms with Crippen LogP contribution in [0, 0.1) is 5.92 Å². The molecule has 94 valence electrons. The number of nitrogens with zero attached hydrogens (tertiary/aromatic N) is 1. The molecule has 0 radical (unpaired) electrons. The Hall–Kier alpha value is -1.36. The predicted octanol–water partition coefficient (Wildman–Crippen LogP) is 0.655. The van der Waals surface area contributed by atoms with Crippen LogP contribution in [0.4, 0.5) is 0 Å². The van der Waals surface area contributed by atoms with E-state index in [9.17, 15) is 9.59 Å². The van der Waals surface area contributed by atoms with Crippen molar-refractivity contribution in [2.45, 2.75) is 25.3 Å². The first kappa shape index (κ1) is 12.1. The summed E-state index contributed by atoms with van der Waals surface area (Å²) < 4.78 is 5.48. The summed E-state index contributed by atoms with van der Waals surface area (Å²) in [6.45, 7) is 1.82. The van der Waals surface area contributed by atoms with Gasteiger partial charge in [0.05, 0.1) is 13.2 Å². The van der Waals surface area contributed by atoms with Crippen LogP contribution in [-0.2, 0) is 14.3 Å². The Kier molecular flexibility index (Phi) is 3.78. The van der Waals surface area contributed by atoms with Crippen molar-refractivity contribution in [3.8, 4) is 0 Å². The third-order valence-corrected chi connectivity index (χ3v) is 3.48. The molecule has 1 saturated carbocycles. The van der Waals surface area contributed by atoms with E-state index in [-0.39, 0.29) is 11.9 Å². The first-order chi connectivity index (χ1) is 8.18. The highest BCUT2D eigenvalue weighted by molar-refractivity contribution is 5.94. The molecule has 5 heteroatoms. The number of carbonyl (C=O) groups excluding carboxylic acids is 1. The molecule has 1 heterocycles. The zero-order valence-electron chi connectivity index (χ0n) is 9.67. The van der Waals surface area contributed by atoms with E-state index in [4.69, 9.17) is 9.84 Å². The van der Waals surface area contributed by atoms with Crippen LogP contribution in [-0.4, -0.2) is 47.7 Å². The van der Waals surface area contributed by atoms with Crippen molar-refractivity contribution in [2.75, 3.05) is 19.8 Å². The molecule has 2 aliphatic rings. The van der Waals surface area contributed by atoms with E-state index < -0.39 is 5.97 Å². The molecule has 17 heavy (non-hydrogen) atoms. The van der Waals surface area contributed by atoms with Crippen LogP contribution in [0.3, 0.4) is 0 Å². The standard InChI is InChI=1S/C12H17NO4/c14-11(4-5-12(15)16)13-6-7-17-8-9-2-1-3-10(9)13/h4-5,9-10H,1-3,6-8H2,(H,15,16)/b5-4+/t9-,10+/m1/s1. The fourth-order valence-electron chi connectivity index (χ4n) is 2.70. The minimum Gasteiger partial charge on any atom is -0.478 e. The molecule has 0 bridgehead atoms. The molecule has 1 aliphatic heterocycles. The Labute approximate surface area is 100 Å². The largest absolute Gasteiger partial charge is 0.478 e. The van der Waals surface area contributed by atoms with E-state index in [0.717, 1.165) is 38.0 Å². The third-order valence-electron chi connectivity index (χ3n) is 3.48. The number of aliphatic carboxylic acids is 1. The van der Waals surface area contributed by atoms with E-state index in [1.54, 1.807) is 4.90 Å². The number of carbonyl (C=O) groups is 2. The van der Waals surface area contributed by atoms with E-state index in [1.807, 2.05) is 0 Å². The average Bonchev–Trinajstić information content (AvgIpc) is 2.66. The summed E-state index contributed by atoms with van der Waals surface area (Å²) >= 11 is 0. The number of hydrogen-bond acceptors (Lipinski definition) is 3. The van der Waals surface area contributed by atoms with E-state index in [0.29, 0.717) is 19.1 Å². The normalized spacial score (nSPS) is 29.1. The molecule has 2 fully saturated rings. The zero-order chi connectivity index (χ0) is 12.3. The monoisotopic (exact) mass is 239 g/mol. The molecule has 1 aliphatic carbocycles. The number of fused-ring (bicyclic) bond motifs is 1. The third kappa shape index (κ3) is 2.85. The van der Waals surface area contributed by atoms with Gasteiger partial charge in [0, 0.05) is 30.7 Å². The lowest BCUT2D eigenvalue weighted by Gasteiger charge is -2.28. The lowest BCUT2D eigenvalue weighted by Crippen LogP contribution is -2.41.